The molecule has 37 heavy (non-hydrogen) atoms. The Hall–Kier alpha value is -2.36. The Kier molecular flexibility index (Phi) is 8.84. The number of β-amino-alcohol motifs (C(OH)–C–C–N with tert-alkyl or cyclic N) is 1. The van der Waals surface area contributed by atoms with Gasteiger partial charge >= 0.3 is 0 Å². The molecule has 0 aromatic heterocycles. The highest BCUT2D eigenvalue weighted by Crippen LogP contribution is 2.29. The van der Waals surface area contributed by atoms with E-state index in [2.05, 4.69) is 39.4 Å². The Bertz CT molecular complexity index is 1030. The van der Waals surface area contributed by atoms with Crippen molar-refractivity contribution in [3.05, 3.63) is 71.5 Å². The molecule has 5 atom stereocenters. The second-order valence-corrected chi connectivity index (χ2v) is 10.6. The number of carbonyl (C=O) groups is 1. The highest BCUT2D eigenvalue weighted by atomic mass is 19.1. The molecule has 3 saturated heterocycles. The lowest BCUT2D eigenvalue weighted by molar-refractivity contribution is -0.158. The van der Waals surface area contributed by atoms with Crippen LogP contribution in [0.15, 0.2) is 54.6 Å². The van der Waals surface area contributed by atoms with E-state index < -0.39 is 6.10 Å². The van der Waals surface area contributed by atoms with Gasteiger partial charge in [-0.1, -0.05) is 48.5 Å². The van der Waals surface area contributed by atoms with Crippen LogP contribution in [0.5, 0.6) is 0 Å². The van der Waals surface area contributed by atoms with Gasteiger partial charge in [0.2, 0.25) is 5.91 Å². The number of benzene rings is 2. The molecule has 0 unspecified atom stereocenters. The zero-order valence-corrected chi connectivity index (χ0v) is 21.3. The van der Waals surface area contributed by atoms with Crippen molar-refractivity contribution < 1.29 is 23.8 Å². The minimum absolute atomic E-state index is 0.00440. The summed E-state index contributed by atoms with van der Waals surface area (Å²) in [7, 11) is 0. The Morgan fingerprint density at radius 3 is 2.65 bits per heavy atom. The van der Waals surface area contributed by atoms with Crippen molar-refractivity contribution >= 4 is 5.91 Å². The highest BCUT2D eigenvalue weighted by Gasteiger charge is 2.38. The van der Waals surface area contributed by atoms with E-state index in [0.29, 0.717) is 31.7 Å². The van der Waals surface area contributed by atoms with E-state index in [1.54, 1.807) is 12.1 Å². The highest BCUT2D eigenvalue weighted by molar-refractivity contribution is 5.76. The lowest BCUT2D eigenvalue weighted by atomic mass is 9.94. The van der Waals surface area contributed by atoms with Crippen molar-refractivity contribution in [3.8, 4) is 0 Å². The fourth-order valence-electron chi connectivity index (χ4n) is 5.90. The molecule has 2 N–H and O–H groups in total. The van der Waals surface area contributed by atoms with Gasteiger partial charge in [0, 0.05) is 50.4 Å². The number of ether oxygens (including phenoxy) is 2. The first-order valence-electron chi connectivity index (χ1n) is 13.5. The first-order chi connectivity index (χ1) is 18.0. The molecule has 8 heteroatoms. The van der Waals surface area contributed by atoms with Crippen LogP contribution in [0.3, 0.4) is 0 Å². The van der Waals surface area contributed by atoms with Crippen LogP contribution in [0, 0.1) is 5.82 Å². The van der Waals surface area contributed by atoms with Crippen molar-refractivity contribution in [1.29, 1.82) is 0 Å². The molecule has 2 aromatic rings. The SMILES string of the molecule is O=C(C[C@H]1CC[C@H]2[C@@H](COC[C@@H](O)CN2Cc2ccccc2F)O1)N[C@H]1CCN(Cc2ccccc2)C1. The molecule has 0 bridgehead atoms. The van der Waals surface area contributed by atoms with Gasteiger partial charge in [-0.3, -0.25) is 14.6 Å². The lowest BCUT2D eigenvalue weighted by Gasteiger charge is -2.44. The Morgan fingerprint density at radius 1 is 1.00 bits per heavy atom. The molecule has 0 aliphatic carbocycles. The number of halogens is 1. The summed E-state index contributed by atoms with van der Waals surface area (Å²) < 4.78 is 26.5. The van der Waals surface area contributed by atoms with E-state index in [1.807, 2.05) is 12.1 Å². The summed E-state index contributed by atoms with van der Waals surface area (Å²) in [5.41, 5.74) is 1.90. The number of nitrogens with one attached hydrogen (secondary N) is 1. The standard InChI is InChI=1S/C29H38FN3O4/c30-26-9-5-4-8-22(26)16-33-18-24(34)19-36-20-28-27(33)11-10-25(37-28)14-29(35)31-23-12-13-32(17-23)15-21-6-2-1-3-7-21/h1-9,23-25,27-28,34H,10-20H2,(H,31,35)/t23-,24-,25+,27-,28+/m0/s1. The van der Waals surface area contributed by atoms with Crippen molar-refractivity contribution in [2.45, 2.75) is 69.2 Å². The van der Waals surface area contributed by atoms with Crippen molar-refractivity contribution in [2.75, 3.05) is 32.8 Å². The number of fused-ring (bicyclic) bond motifs is 1. The number of carbonyl (C=O) groups excluding carboxylic acids is 1. The van der Waals surface area contributed by atoms with Gasteiger partial charge < -0.3 is 19.9 Å². The van der Waals surface area contributed by atoms with Crippen LogP contribution < -0.4 is 5.32 Å². The summed E-state index contributed by atoms with van der Waals surface area (Å²) in [4.78, 5) is 17.4. The third-order valence-corrected chi connectivity index (χ3v) is 7.72. The van der Waals surface area contributed by atoms with Crippen molar-refractivity contribution in [2.24, 2.45) is 0 Å². The van der Waals surface area contributed by atoms with Crippen LogP contribution >= 0.6 is 0 Å². The van der Waals surface area contributed by atoms with E-state index >= 15 is 0 Å². The third-order valence-electron chi connectivity index (χ3n) is 7.72. The minimum Gasteiger partial charge on any atom is -0.389 e. The quantitative estimate of drug-likeness (QED) is 0.596. The minimum atomic E-state index is -0.635. The molecule has 1 amide bonds. The average Bonchev–Trinajstić information content (AvgIpc) is 3.31. The summed E-state index contributed by atoms with van der Waals surface area (Å²) in [5.74, 6) is -0.215. The third kappa shape index (κ3) is 7.15. The molecule has 3 aliphatic rings. The van der Waals surface area contributed by atoms with Crippen molar-refractivity contribution in [1.82, 2.24) is 15.1 Å². The lowest BCUT2D eigenvalue weighted by Crippen LogP contribution is -2.55. The molecule has 0 saturated carbocycles. The molecule has 0 radical (unpaired) electrons. The van der Waals surface area contributed by atoms with Gasteiger partial charge in [-0.2, -0.15) is 0 Å². The first kappa shape index (κ1) is 26.3. The van der Waals surface area contributed by atoms with Gasteiger partial charge in [-0.15, -0.1) is 0 Å². The van der Waals surface area contributed by atoms with Crippen LogP contribution in [-0.4, -0.2) is 84.1 Å². The molecular weight excluding hydrogens is 473 g/mol. The van der Waals surface area contributed by atoms with E-state index in [-0.39, 0.29) is 42.6 Å². The van der Waals surface area contributed by atoms with Gasteiger partial charge in [0.05, 0.1) is 37.9 Å². The summed E-state index contributed by atoms with van der Waals surface area (Å²) >= 11 is 0. The van der Waals surface area contributed by atoms with E-state index in [1.165, 1.54) is 11.6 Å². The molecule has 7 nitrogen and oxygen atoms in total. The Balaban J connectivity index is 1.13. The number of likely N-dealkylation sites (tertiary alicyclic amines) is 1. The predicted octanol–water partition coefficient (Wildman–Crippen LogP) is 2.72. The predicted molar refractivity (Wildman–Crippen MR) is 138 cm³/mol. The number of hydrogen-bond donors (Lipinski definition) is 2. The molecule has 5 rings (SSSR count). The van der Waals surface area contributed by atoms with Gasteiger partial charge in [-0.25, -0.2) is 4.39 Å². The van der Waals surface area contributed by atoms with E-state index in [4.69, 9.17) is 9.47 Å². The number of amides is 1. The second-order valence-electron chi connectivity index (χ2n) is 10.6. The maximum absolute atomic E-state index is 14.4. The van der Waals surface area contributed by atoms with Gasteiger partial charge in [0.15, 0.2) is 0 Å². The van der Waals surface area contributed by atoms with Crippen LogP contribution in [0.2, 0.25) is 0 Å². The number of rotatable bonds is 7. The largest absolute Gasteiger partial charge is 0.389 e. The van der Waals surface area contributed by atoms with Crippen LogP contribution in [0.1, 0.15) is 36.8 Å². The van der Waals surface area contributed by atoms with Gasteiger partial charge in [0.25, 0.3) is 0 Å². The normalized spacial score (nSPS) is 29.3. The van der Waals surface area contributed by atoms with Crippen LogP contribution in [-0.2, 0) is 27.4 Å². The Labute approximate surface area is 218 Å². The second kappa shape index (κ2) is 12.5. The Morgan fingerprint density at radius 2 is 1.81 bits per heavy atom. The fourth-order valence-corrected chi connectivity index (χ4v) is 5.90. The van der Waals surface area contributed by atoms with E-state index in [9.17, 15) is 14.3 Å². The van der Waals surface area contributed by atoms with Crippen LogP contribution in [0.25, 0.3) is 0 Å². The van der Waals surface area contributed by atoms with Gasteiger partial charge in [-0.05, 0) is 30.9 Å². The summed E-state index contributed by atoms with van der Waals surface area (Å²) in [6.45, 7) is 4.10. The average molecular weight is 512 g/mol. The summed E-state index contributed by atoms with van der Waals surface area (Å²) in [6.07, 6.45) is 1.80. The van der Waals surface area contributed by atoms with Crippen molar-refractivity contribution in [3.63, 3.8) is 0 Å². The first-order valence-corrected chi connectivity index (χ1v) is 13.5. The molecule has 200 valence electrons. The summed E-state index contributed by atoms with van der Waals surface area (Å²) in [6, 6.07) is 17.3. The zero-order chi connectivity index (χ0) is 25.6. The molecule has 0 spiro atoms. The number of nitrogens with zero attached hydrogens (tertiary/aromatic N) is 2. The maximum Gasteiger partial charge on any atom is 0.222 e. The maximum atomic E-state index is 14.4. The monoisotopic (exact) mass is 511 g/mol. The van der Waals surface area contributed by atoms with Gasteiger partial charge in [0.1, 0.15) is 5.82 Å². The number of hydrogen-bond acceptors (Lipinski definition) is 6. The number of aliphatic hydroxyl groups excluding tert-OH is 1. The van der Waals surface area contributed by atoms with Crippen LogP contribution in [0.4, 0.5) is 4.39 Å². The molecule has 3 heterocycles. The summed E-state index contributed by atoms with van der Waals surface area (Å²) in [5, 5.41) is 13.6. The molecular formula is C29H38FN3O4. The number of aliphatic hydroxyl groups is 1. The molecule has 3 aliphatic heterocycles. The smallest absolute Gasteiger partial charge is 0.222 e. The topological polar surface area (TPSA) is 74.3 Å². The molecule has 2 aromatic carbocycles. The zero-order valence-electron chi connectivity index (χ0n) is 21.3. The molecule has 3 fully saturated rings. The van der Waals surface area contributed by atoms with E-state index in [0.717, 1.165) is 38.9 Å². The fraction of sp³-hybridized carbons (Fsp3) is 0.552.